The maximum Gasteiger partial charge on any atom is 0.354 e. The first kappa shape index (κ1) is 17.4. The van der Waals surface area contributed by atoms with Crippen LogP contribution >= 0.6 is 11.3 Å². The Morgan fingerprint density at radius 3 is 2.85 bits per heavy atom. The number of carboxylic acid groups (broad SMARTS) is 1. The minimum absolute atomic E-state index is 0.0380. The SMILES string of the molecule is CCCc1cccc2c(-c3cnc(-c4cnc(C(=O)O)cc4C)s3)[nH]nc12. The lowest BCUT2D eigenvalue weighted by molar-refractivity contribution is 0.0690. The molecule has 3 aromatic heterocycles. The van der Waals surface area contributed by atoms with Crippen LogP contribution in [0.1, 0.15) is 35.0 Å². The molecule has 0 aliphatic heterocycles. The molecule has 1 aromatic carbocycles. The van der Waals surface area contributed by atoms with Crippen molar-refractivity contribution in [1.29, 1.82) is 0 Å². The quantitative estimate of drug-likeness (QED) is 0.525. The van der Waals surface area contributed by atoms with Crippen molar-refractivity contribution in [3.05, 3.63) is 53.5 Å². The number of H-pyrrole nitrogens is 1. The fraction of sp³-hybridized carbons (Fsp3) is 0.200. The molecule has 0 saturated heterocycles. The van der Waals surface area contributed by atoms with Crippen LogP contribution < -0.4 is 0 Å². The molecule has 4 rings (SSSR count). The van der Waals surface area contributed by atoms with Gasteiger partial charge < -0.3 is 5.11 Å². The van der Waals surface area contributed by atoms with Crippen molar-refractivity contribution in [2.45, 2.75) is 26.7 Å². The maximum absolute atomic E-state index is 11.1. The summed E-state index contributed by atoms with van der Waals surface area (Å²) in [5, 5.41) is 18.6. The fourth-order valence-corrected chi connectivity index (χ4v) is 4.17. The third-order valence-corrected chi connectivity index (χ3v) is 5.55. The van der Waals surface area contributed by atoms with Crippen molar-refractivity contribution in [2.24, 2.45) is 0 Å². The third-order valence-electron chi connectivity index (χ3n) is 4.50. The largest absolute Gasteiger partial charge is 0.477 e. The predicted octanol–water partition coefficient (Wildman–Crippen LogP) is 4.71. The summed E-state index contributed by atoms with van der Waals surface area (Å²) in [7, 11) is 0. The molecule has 0 aliphatic rings. The van der Waals surface area contributed by atoms with E-state index in [-0.39, 0.29) is 5.69 Å². The number of rotatable bonds is 5. The molecule has 0 unspecified atom stereocenters. The van der Waals surface area contributed by atoms with Crippen molar-refractivity contribution in [3.8, 4) is 21.1 Å². The topological polar surface area (TPSA) is 91.8 Å². The van der Waals surface area contributed by atoms with E-state index in [1.165, 1.54) is 16.9 Å². The van der Waals surface area contributed by atoms with Crippen LogP contribution in [0.25, 0.3) is 32.0 Å². The van der Waals surface area contributed by atoms with Crippen LogP contribution in [0.3, 0.4) is 0 Å². The number of aromatic amines is 1. The number of benzene rings is 1. The van der Waals surface area contributed by atoms with Gasteiger partial charge in [0.15, 0.2) is 0 Å². The molecular formula is C20H18N4O2S. The van der Waals surface area contributed by atoms with E-state index < -0.39 is 5.97 Å². The molecule has 0 aliphatic carbocycles. The van der Waals surface area contributed by atoms with Gasteiger partial charge in [-0.3, -0.25) is 5.10 Å². The second-order valence-electron chi connectivity index (χ2n) is 6.38. The predicted molar refractivity (Wildman–Crippen MR) is 106 cm³/mol. The second kappa shape index (κ2) is 6.92. The first-order valence-electron chi connectivity index (χ1n) is 8.71. The van der Waals surface area contributed by atoms with E-state index in [1.54, 1.807) is 12.3 Å². The molecule has 0 saturated carbocycles. The molecule has 3 heterocycles. The van der Waals surface area contributed by atoms with Crippen molar-refractivity contribution >= 4 is 28.2 Å². The number of aryl methyl sites for hydroxylation is 2. The fourth-order valence-electron chi connectivity index (χ4n) is 3.17. The molecule has 27 heavy (non-hydrogen) atoms. The van der Waals surface area contributed by atoms with Gasteiger partial charge in [-0.05, 0) is 30.5 Å². The highest BCUT2D eigenvalue weighted by Gasteiger charge is 2.16. The van der Waals surface area contributed by atoms with E-state index in [1.807, 2.05) is 13.1 Å². The lowest BCUT2D eigenvalue weighted by Gasteiger charge is -2.02. The lowest BCUT2D eigenvalue weighted by Crippen LogP contribution is -2.00. The molecule has 0 amide bonds. The van der Waals surface area contributed by atoms with E-state index in [2.05, 4.69) is 45.3 Å². The van der Waals surface area contributed by atoms with Gasteiger partial charge in [0.2, 0.25) is 0 Å². The number of para-hydroxylation sites is 1. The van der Waals surface area contributed by atoms with E-state index in [0.29, 0.717) is 0 Å². The number of hydrogen-bond donors (Lipinski definition) is 2. The molecule has 0 fully saturated rings. The number of thiazole rings is 1. The molecule has 0 spiro atoms. The number of hydrogen-bond acceptors (Lipinski definition) is 5. The molecular weight excluding hydrogens is 360 g/mol. The summed E-state index contributed by atoms with van der Waals surface area (Å²) in [6.07, 6.45) is 5.47. The number of pyridine rings is 1. The first-order valence-corrected chi connectivity index (χ1v) is 9.52. The Morgan fingerprint density at radius 2 is 2.11 bits per heavy atom. The summed E-state index contributed by atoms with van der Waals surface area (Å²) in [5.74, 6) is -1.03. The van der Waals surface area contributed by atoms with Gasteiger partial charge in [-0.25, -0.2) is 14.8 Å². The number of carbonyl (C=O) groups is 1. The van der Waals surface area contributed by atoms with Gasteiger partial charge >= 0.3 is 5.97 Å². The van der Waals surface area contributed by atoms with Crippen LogP contribution in [0, 0.1) is 6.92 Å². The second-order valence-corrected chi connectivity index (χ2v) is 7.41. The van der Waals surface area contributed by atoms with Gasteiger partial charge in [0.1, 0.15) is 10.7 Å². The maximum atomic E-state index is 11.1. The molecule has 4 aromatic rings. The van der Waals surface area contributed by atoms with Crippen LogP contribution in [-0.4, -0.2) is 31.2 Å². The van der Waals surface area contributed by atoms with Gasteiger partial charge in [-0.1, -0.05) is 31.5 Å². The van der Waals surface area contributed by atoms with Crippen molar-refractivity contribution in [3.63, 3.8) is 0 Å². The highest BCUT2D eigenvalue weighted by atomic mass is 32.1. The zero-order chi connectivity index (χ0) is 19.0. The minimum atomic E-state index is -1.03. The summed E-state index contributed by atoms with van der Waals surface area (Å²) in [5.41, 5.74) is 4.92. The summed E-state index contributed by atoms with van der Waals surface area (Å²) < 4.78 is 0. The lowest BCUT2D eigenvalue weighted by atomic mass is 10.1. The Bertz CT molecular complexity index is 1150. The van der Waals surface area contributed by atoms with Gasteiger partial charge in [-0.2, -0.15) is 5.10 Å². The highest BCUT2D eigenvalue weighted by Crippen LogP contribution is 2.36. The minimum Gasteiger partial charge on any atom is -0.477 e. The van der Waals surface area contributed by atoms with Crippen LogP contribution in [0.5, 0.6) is 0 Å². The van der Waals surface area contributed by atoms with Crippen LogP contribution in [-0.2, 0) is 6.42 Å². The molecule has 0 atom stereocenters. The average Bonchev–Trinajstić information content (AvgIpc) is 3.29. The zero-order valence-electron chi connectivity index (χ0n) is 15.0. The van der Waals surface area contributed by atoms with E-state index >= 15 is 0 Å². The Labute approximate surface area is 159 Å². The van der Waals surface area contributed by atoms with Crippen LogP contribution in [0.4, 0.5) is 0 Å². The van der Waals surface area contributed by atoms with Crippen LogP contribution in [0.2, 0.25) is 0 Å². The Hall–Kier alpha value is -3.06. The van der Waals surface area contributed by atoms with Gasteiger partial charge in [0, 0.05) is 23.3 Å². The number of aromatic nitrogens is 4. The molecule has 7 heteroatoms. The summed E-state index contributed by atoms with van der Waals surface area (Å²) in [6, 6.07) is 7.82. The van der Waals surface area contributed by atoms with Gasteiger partial charge in [0.05, 0.1) is 16.1 Å². The molecule has 0 radical (unpaired) electrons. The van der Waals surface area contributed by atoms with E-state index in [0.717, 1.165) is 50.5 Å². The first-order chi connectivity index (χ1) is 13.1. The smallest absolute Gasteiger partial charge is 0.354 e. The van der Waals surface area contributed by atoms with E-state index in [9.17, 15) is 4.79 Å². The summed E-state index contributed by atoms with van der Waals surface area (Å²) in [4.78, 5) is 20.6. The monoisotopic (exact) mass is 378 g/mol. The number of carboxylic acids is 1. The number of fused-ring (bicyclic) bond motifs is 1. The summed E-state index contributed by atoms with van der Waals surface area (Å²) >= 11 is 1.54. The molecule has 6 nitrogen and oxygen atoms in total. The van der Waals surface area contributed by atoms with Crippen molar-refractivity contribution in [2.75, 3.05) is 0 Å². The Morgan fingerprint density at radius 1 is 1.26 bits per heavy atom. The molecule has 136 valence electrons. The normalized spacial score (nSPS) is 11.2. The van der Waals surface area contributed by atoms with Crippen LogP contribution in [0.15, 0.2) is 36.7 Å². The number of aromatic carboxylic acids is 1. The highest BCUT2D eigenvalue weighted by molar-refractivity contribution is 7.18. The molecule has 2 N–H and O–H groups in total. The average molecular weight is 378 g/mol. The summed E-state index contributed by atoms with van der Waals surface area (Å²) in [6.45, 7) is 4.03. The Balaban J connectivity index is 1.74. The Kier molecular flexibility index (Phi) is 4.45. The third kappa shape index (κ3) is 3.10. The standard InChI is InChI=1S/C20H18N4O2S/c1-3-5-12-6-4-7-13-17(12)23-24-18(13)16-10-22-19(27-16)14-9-21-15(20(25)26)8-11(14)2/h4,6-10H,3,5H2,1-2H3,(H,23,24)(H,25,26). The van der Waals surface area contributed by atoms with E-state index in [4.69, 9.17) is 5.11 Å². The van der Waals surface area contributed by atoms with Gasteiger partial charge in [0.25, 0.3) is 0 Å². The van der Waals surface area contributed by atoms with Gasteiger partial charge in [-0.15, -0.1) is 11.3 Å². The van der Waals surface area contributed by atoms with Crippen molar-refractivity contribution in [1.82, 2.24) is 20.2 Å². The van der Waals surface area contributed by atoms with Crippen molar-refractivity contribution < 1.29 is 9.90 Å². The molecule has 0 bridgehead atoms. The number of nitrogens with zero attached hydrogens (tertiary/aromatic N) is 3. The zero-order valence-corrected chi connectivity index (χ0v) is 15.8. The number of nitrogens with one attached hydrogen (secondary N) is 1.